The van der Waals surface area contributed by atoms with Crippen LogP contribution in [0.3, 0.4) is 0 Å². The third kappa shape index (κ3) is 3.07. The number of hydrogen-bond acceptors (Lipinski definition) is 5. The van der Waals surface area contributed by atoms with E-state index < -0.39 is 33.7 Å². The average molecular weight is 480 g/mol. The lowest BCUT2D eigenvalue weighted by molar-refractivity contribution is -0.0987. The number of aromatic nitrogens is 1. The Balaban J connectivity index is 1.53. The first-order chi connectivity index (χ1) is 15.8. The summed E-state index contributed by atoms with van der Waals surface area (Å²) in [5.74, 6) is -3.30. The molecule has 3 aliphatic rings. The summed E-state index contributed by atoms with van der Waals surface area (Å²) in [5, 5.41) is 1.78. The first-order valence-corrected chi connectivity index (χ1v) is 10.9. The second kappa shape index (κ2) is 7.81. The first kappa shape index (κ1) is 21.8. The van der Waals surface area contributed by atoms with E-state index in [1.54, 1.807) is 9.47 Å². The zero-order valence-electron chi connectivity index (χ0n) is 17.6. The van der Waals surface area contributed by atoms with Gasteiger partial charge in [0.2, 0.25) is 5.43 Å². The molecule has 0 radical (unpaired) electrons. The Bertz CT molecular complexity index is 1250. The van der Waals surface area contributed by atoms with Crippen LogP contribution in [0.25, 0.3) is 0 Å². The number of rotatable bonds is 4. The molecule has 1 aromatic carbocycles. The molecule has 33 heavy (non-hydrogen) atoms. The Kier molecular flexibility index (Phi) is 5.17. The van der Waals surface area contributed by atoms with Crippen molar-refractivity contribution in [3.05, 3.63) is 62.0 Å². The van der Waals surface area contributed by atoms with Crippen LogP contribution in [0.1, 0.15) is 51.7 Å². The standard InChI is InChI=1S/C22H20ClF2N3O5/c1-32-19-17-21(31)28-7-8-33-22(28)6-2-3-14(22)27(17)10-12(18(19)29)20(30)26-9-11-4-5-13(24)15(23)16(11)25/h4-5,10,14H,2-3,6-9H2,1H3,(H,26,30)/t14-,22-/m0/s1. The van der Waals surface area contributed by atoms with E-state index in [9.17, 15) is 23.2 Å². The average Bonchev–Trinajstić information content (AvgIpc) is 3.43. The number of fused-ring (bicyclic) bond motifs is 2. The van der Waals surface area contributed by atoms with Gasteiger partial charge in [-0.05, 0) is 25.3 Å². The quantitative estimate of drug-likeness (QED) is 0.681. The normalized spacial score (nSPS) is 23.2. The number of carbonyl (C=O) groups excluding carboxylic acids is 2. The van der Waals surface area contributed by atoms with Gasteiger partial charge in [-0.15, -0.1) is 0 Å². The number of benzene rings is 1. The molecule has 2 aliphatic heterocycles. The van der Waals surface area contributed by atoms with Crippen molar-refractivity contribution in [2.24, 2.45) is 0 Å². The molecule has 3 heterocycles. The van der Waals surface area contributed by atoms with Crippen molar-refractivity contribution in [2.45, 2.75) is 37.6 Å². The number of amides is 2. The van der Waals surface area contributed by atoms with Crippen LogP contribution >= 0.6 is 11.6 Å². The minimum absolute atomic E-state index is 0.0419. The van der Waals surface area contributed by atoms with Gasteiger partial charge in [-0.1, -0.05) is 17.7 Å². The van der Waals surface area contributed by atoms with Crippen molar-refractivity contribution >= 4 is 23.4 Å². The number of nitrogens with zero attached hydrogens (tertiary/aromatic N) is 2. The van der Waals surface area contributed by atoms with Crippen LogP contribution in [0.5, 0.6) is 5.75 Å². The molecule has 2 amide bonds. The minimum Gasteiger partial charge on any atom is -0.491 e. The van der Waals surface area contributed by atoms with Gasteiger partial charge < -0.3 is 24.3 Å². The fraction of sp³-hybridized carbons (Fsp3) is 0.409. The van der Waals surface area contributed by atoms with E-state index in [2.05, 4.69) is 5.32 Å². The van der Waals surface area contributed by atoms with Crippen molar-refractivity contribution in [3.63, 3.8) is 0 Å². The maximum atomic E-state index is 14.2. The van der Waals surface area contributed by atoms with E-state index in [-0.39, 0.29) is 41.1 Å². The number of carbonyl (C=O) groups is 2. The maximum absolute atomic E-state index is 14.2. The summed E-state index contributed by atoms with van der Waals surface area (Å²) in [4.78, 5) is 40.9. The highest BCUT2D eigenvalue weighted by Gasteiger charge is 2.58. The lowest BCUT2D eigenvalue weighted by atomic mass is 9.99. The zero-order valence-corrected chi connectivity index (χ0v) is 18.4. The van der Waals surface area contributed by atoms with Crippen molar-refractivity contribution in [2.75, 3.05) is 20.3 Å². The highest BCUT2D eigenvalue weighted by Crippen LogP contribution is 2.51. The second-order valence-electron chi connectivity index (χ2n) is 8.24. The lowest BCUT2D eigenvalue weighted by Gasteiger charge is -2.44. The SMILES string of the molecule is COc1c2n(cc(C(=O)NCc3ccc(F)c(Cl)c3F)c1=O)[C@H]1CCC[C@]13OCCN3C2=O. The summed E-state index contributed by atoms with van der Waals surface area (Å²) in [5.41, 5.74) is -1.77. The molecule has 1 saturated carbocycles. The Morgan fingerprint density at radius 2 is 2.15 bits per heavy atom. The van der Waals surface area contributed by atoms with E-state index in [1.165, 1.54) is 13.3 Å². The molecule has 11 heteroatoms. The molecule has 174 valence electrons. The van der Waals surface area contributed by atoms with Gasteiger partial charge >= 0.3 is 0 Å². The molecule has 1 spiro atoms. The first-order valence-electron chi connectivity index (χ1n) is 10.5. The van der Waals surface area contributed by atoms with Gasteiger partial charge in [-0.3, -0.25) is 14.4 Å². The third-order valence-corrected chi connectivity index (χ3v) is 6.98. The van der Waals surface area contributed by atoms with E-state index >= 15 is 0 Å². The summed E-state index contributed by atoms with van der Waals surface area (Å²) in [6.45, 7) is 0.487. The van der Waals surface area contributed by atoms with Gasteiger partial charge in [0.15, 0.2) is 17.2 Å². The lowest BCUT2D eigenvalue weighted by Crippen LogP contribution is -2.56. The van der Waals surface area contributed by atoms with Crippen LogP contribution < -0.4 is 15.5 Å². The largest absolute Gasteiger partial charge is 0.491 e. The minimum atomic E-state index is -0.992. The summed E-state index contributed by atoms with van der Waals surface area (Å²) >= 11 is 5.59. The van der Waals surface area contributed by atoms with Gasteiger partial charge in [0.25, 0.3) is 11.8 Å². The topological polar surface area (TPSA) is 89.9 Å². The molecule has 2 atom stereocenters. The van der Waals surface area contributed by atoms with Crippen LogP contribution in [0.4, 0.5) is 8.78 Å². The van der Waals surface area contributed by atoms with Crippen LogP contribution in [0, 0.1) is 11.6 Å². The zero-order chi connectivity index (χ0) is 23.5. The molecule has 2 fully saturated rings. The summed E-state index contributed by atoms with van der Waals surface area (Å²) < 4.78 is 40.5. The molecule has 8 nitrogen and oxygen atoms in total. The van der Waals surface area contributed by atoms with Gasteiger partial charge in [0.1, 0.15) is 22.2 Å². The molecule has 0 unspecified atom stereocenters. The number of nitrogens with one attached hydrogen (secondary N) is 1. The Hall–Kier alpha value is -2.98. The highest BCUT2D eigenvalue weighted by atomic mass is 35.5. The number of hydrogen-bond donors (Lipinski definition) is 1. The summed E-state index contributed by atoms with van der Waals surface area (Å²) in [6, 6.07) is 1.87. The van der Waals surface area contributed by atoms with Crippen molar-refractivity contribution < 1.29 is 27.8 Å². The monoisotopic (exact) mass is 479 g/mol. The number of methoxy groups -OCH3 is 1. The molecule has 0 bridgehead atoms. The second-order valence-corrected chi connectivity index (χ2v) is 8.61. The highest BCUT2D eigenvalue weighted by molar-refractivity contribution is 6.30. The maximum Gasteiger partial charge on any atom is 0.276 e. The predicted molar refractivity (Wildman–Crippen MR) is 112 cm³/mol. The van der Waals surface area contributed by atoms with Crippen LogP contribution in [-0.2, 0) is 11.3 Å². The van der Waals surface area contributed by atoms with E-state index in [0.29, 0.717) is 26.0 Å². The van der Waals surface area contributed by atoms with Crippen LogP contribution in [-0.4, -0.2) is 47.3 Å². The van der Waals surface area contributed by atoms with Gasteiger partial charge in [-0.2, -0.15) is 0 Å². The summed E-state index contributed by atoms with van der Waals surface area (Å²) in [7, 11) is 1.26. The molecule has 2 aromatic rings. The van der Waals surface area contributed by atoms with Crippen molar-refractivity contribution in [1.29, 1.82) is 0 Å². The van der Waals surface area contributed by atoms with E-state index in [0.717, 1.165) is 18.6 Å². The van der Waals surface area contributed by atoms with Gasteiger partial charge in [0, 0.05) is 24.8 Å². The molecule has 1 N–H and O–H groups in total. The Morgan fingerprint density at radius 3 is 2.91 bits per heavy atom. The van der Waals surface area contributed by atoms with Gasteiger partial charge in [-0.25, -0.2) is 8.78 Å². The van der Waals surface area contributed by atoms with Crippen LogP contribution in [0.15, 0.2) is 23.1 Å². The smallest absolute Gasteiger partial charge is 0.276 e. The van der Waals surface area contributed by atoms with Crippen LogP contribution in [0.2, 0.25) is 5.02 Å². The van der Waals surface area contributed by atoms with Gasteiger partial charge in [0.05, 0.1) is 19.8 Å². The molecular weight excluding hydrogens is 460 g/mol. The van der Waals surface area contributed by atoms with Crippen molar-refractivity contribution in [1.82, 2.24) is 14.8 Å². The molecule has 1 aromatic heterocycles. The van der Waals surface area contributed by atoms with Crippen molar-refractivity contribution in [3.8, 4) is 5.75 Å². The molecule has 1 aliphatic carbocycles. The molecule has 1 saturated heterocycles. The number of halogens is 3. The molecular formula is C22H20ClF2N3O5. The van der Waals surface area contributed by atoms with E-state index in [4.69, 9.17) is 21.1 Å². The Labute approximate surface area is 192 Å². The van der Waals surface area contributed by atoms with E-state index in [1.807, 2.05) is 0 Å². The number of pyridine rings is 1. The molecule has 5 rings (SSSR count). The summed E-state index contributed by atoms with van der Waals surface area (Å²) in [6.07, 6.45) is 3.51. The third-order valence-electron chi connectivity index (χ3n) is 6.64. The number of ether oxygens (including phenoxy) is 2. The Morgan fingerprint density at radius 1 is 1.36 bits per heavy atom. The fourth-order valence-electron chi connectivity index (χ4n) is 5.15. The predicted octanol–water partition coefficient (Wildman–Crippen LogP) is 2.63. The fourth-order valence-corrected chi connectivity index (χ4v) is 5.33.